The van der Waals surface area contributed by atoms with Crippen LogP contribution in [0.3, 0.4) is 0 Å². The van der Waals surface area contributed by atoms with Gasteiger partial charge in [0.2, 0.25) is 5.90 Å². The molecule has 1 N–H and O–H groups in total. The van der Waals surface area contributed by atoms with Crippen LogP contribution in [0.1, 0.15) is 29.7 Å². The first-order chi connectivity index (χ1) is 11.9. The van der Waals surface area contributed by atoms with Gasteiger partial charge in [-0.05, 0) is 31.5 Å². The summed E-state index contributed by atoms with van der Waals surface area (Å²) in [5.74, 6) is -2.01. The molecule has 3 rings (SSSR count). The van der Waals surface area contributed by atoms with Crippen LogP contribution in [0.2, 0.25) is 0 Å². The van der Waals surface area contributed by atoms with Crippen LogP contribution >= 0.6 is 15.9 Å². The number of fused-ring (bicyclic) bond motifs is 1. The molecule has 0 saturated carbocycles. The molecule has 6 nitrogen and oxygen atoms in total. The molecule has 2 aromatic rings. The lowest BCUT2D eigenvalue weighted by atomic mass is 9.79. The highest BCUT2D eigenvalue weighted by atomic mass is 79.9. The summed E-state index contributed by atoms with van der Waals surface area (Å²) in [6.45, 7) is 3.48. The van der Waals surface area contributed by atoms with Crippen molar-refractivity contribution in [2.24, 2.45) is 5.92 Å². The van der Waals surface area contributed by atoms with E-state index in [2.05, 4.69) is 15.9 Å². The Bertz CT molecular complexity index is 905. The molecule has 1 aromatic carbocycles. The Kier molecular flexibility index (Phi) is 4.76. The zero-order chi connectivity index (χ0) is 18.1. The predicted molar refractivity (Wildman–Crippen MR) is 94.2 cm³/mol. The number of hydrogen-bond acceptors (Lipinski definition) is 6. The number of hydrogen-bond donors (Lipinski definition) is 1. The maximum Gasteiger partial charge on any atom is 0.343 e. The van der Waals surface area contributed by atoms with Crippen LogP contribution in [-0.4, -0.2) is 18.5 Å². The normalized spacial score (nSPS) is 19.1. The average Bonchev–Trinajstić information content (AvgIpc) is 2.53. The van der Waals surface area contributed by atoms with Gasteiger partial charge in [0.1, 0.15) is 17.4 Å². The van der Waals surface area contributed by atoms with Crippen molar-refractivity contribution >= 4 is 27.8 Å². The van der Waals surface area contributed by atoms with Crippen molar-refractivity contribution in [3.63, 3.8) is 0 Å². The quantitative estimate of drug-likeness (QED) is 0.790. The van der Waals surface area contributed by atoms with Gasteiger partial charge in [-0.25, -0.2) is 4.79 Å². The molecule has 0 spiro atoms. The van der Waals surface area contributed by atoms with E-state index >= 15 is 0 Å². The van der Waals surface area contributed by atoms with E-state index in [-0.39, 0.29) is 23.8 Å². The minimum atomic E-state index is -1.05. The number of benzene rings is 1. The lowest BCUT2D eigenvalue weighted by Crippen LogP contribution is -2.40. The Morgan fingerprint density at radius 2 is 2.12 bits per heavy atom. The molecule has 130 valence electrons. The van der Waals surface area contributed by atoms with Crippen LogP contribution in [0.25, 0.3) is 0 Å². The number of halogens is 1. The molecule has 0 amide bonds. The second kappa shape index (κ2) is 6.84. The first kappa shape index (κ1) is 17.4. The summed E-state index contributed by atoms with van der Waals surface area (Å²) < 4.78 is 16.6. The number of ether oxygens (including phenoxy) is 2. The molecular weight excluding hydrogens is 390 g/mol. The molecule has 2 unspecified atom stereocenters. The molecular formula is C18H16BrNO5. The number of carbonyl (C=O) groups excluding carboxylic acids is 1. The molecule has 0 radical (unpaired) electrons. The molecule has 2 atom stereocenters. The predicted octanol–water partition coefficient (Wildman–Crippen LogP) is 3.39. The third-order valence-corrected chi connectivity index (χ3v) is 4.46. The van der Waals surface area contributed by atoms with E-state index in [9.17, 15) is 9.59 Å². The summed E-state index contributed by atoms with van der Waals surface area (Å²) in [6.07, 6.45) is 0. The van der Waals surface area contributed by atoms with E-state index in [1.807, 2.05) is 6.07 Å². The van der Waals surface area contributed by atoms with Crippen LogP contribution < -0.4 is 10.4 Å². The fourth-order valence-electron chi connectivity index (χ4n) is 2.99. The average molecular weight is 406 g/mol. The van der Waals surface area contributed by atoms with E-state index < -0.39 is 23.4 Å². The van der Waals surface area contributed by atoms with Crippen molar-refractivity contribution in [3.8, 4) is 5.75 Å². The maximum atomic E-state index is 12.5. The summed E-state index contributed by atoms with van der Waals surface area (Å²) in [5.41, 5.74) is 0.331. The number of esters is 1. The van der Waals surface area contributed by atoms with Crippen LogP contribution in [0.5, 0.6) is 5.75 Å². The summed E-state index contributed by atoms with van der Waals surface area (Å²) in [5, 5.41) is 8.19. The lowest BCUT2D eigenvalue weighted by molar-refractivity contribution is -0.146. The maximum absolute atomic E-state index is 12.5. The first-order valence-corrected chi connectivity index (χ1v) is 8.54. The molecule has 0 aliphatic carbocycles. The zero-order valence-electron chi connectivity index (χ0n) is 13.7. The topological polar surface area (TPSA) is 89.6 Å². The molecule has 7 heteroatoms. The minimum absolute atomic E-state index is 0.170. The van der Waals surface area contributed by atoms with Gasteiger partial charge in [-0.3, -0.25) is 10.2 Å². The summed E-state index contributed by atoms with van der Waals surface area (Å²) in [7, 11) is 0. The van der Waals surface area contributed by atoms with Crippen LogP contribution in [0.4, 0.5) is 0 Å². The largest absolute Gasteiger partial charge is 0.465 e. The number of carbonyl (C=O) groups is 1. The molecule has 1 aliphatic rings. The van der Waals surface area contributed by atoms with E-state index in [0.29, 0.717) is 11.3 Å². The monoisotopic (exact) mass is 405 g/mol. The molecule has 0 bridgehead atoms. The SMILES string of the molecule is CCOC(=O)C1C(=N)Oc2cc(C)oc(=O)c2C1c1cccc(Br)c1. The minimum Gasteiger partial charge on any atom is -0.465 e. The zero-order valence-corrected chi connectivity index (χ0v) is 15.3. The van der Waals surface area contributed by atoms with Gasteiger partial charge in [0.25, 0.3) is 0 Å². The van der Waals surface area contributed by atoms with Crippen molar-refractivity contribution < 1.29 is 18.7 Å². The van der Waals surface area contributed by atoms with Crippen molar-refractivity contribution in [3.05, 3.63) is 62.1 Å². The van der Waals surface area contributed by atoms with Crippen molar-refractivity contribution in [1.82, 2.24) is 0 Å². The van der Waals surface area contributed by atoms with Crippen molar-refractivity contribution in [2.45, 2.75) is 19.8 Å². The van der Waals surface area contributed by atoms with Gasteiger partial charge >= 0.3 is 11.6 Å². The Balaban J connectivity index is 2.25. The van der Waals surface area contributed by atoms with Gasteiger partial charge in [0, 0.05) is 16.5 Å². The van der Waals surface area contributed by atoms with Crippen molar-refractivity contribution in [2.75, 3.05) is 6.61 Å². The molecule has 1 aliphatic heterocycles. The summed E-state index contributed by atoms with van der Waals surface area (Å²) >= 11 is 3.40. The molecule has 0 saturated heterocycles. The third kappa shape index (κ3) is 3.24. The Morgan fingerprint density at radius 3 is 2.80 bits per heavy atom. The van der Waals surface area contributed by atoms with Crippen LogP contribution in [-0.2, 0) is 9.53 Å². The number of nitrogens with one attached hydrogen (secondary N) is 1. The molecule has 1 aromatic heterocycles. The Morgan fingerprint density at radius 1 is 1.36 bits per heavy atom. The van der Waals surface area contributed by atoms with Crippen molar-refractivity contribution in [1.29, 1.82) is 5.41 Å². The lowest BCUT2D eigenvalue weighted by Gasteiger charge is -2.31. The van der Waals surface area contributed by atoms with Gasteiger partial charge in [0.05, 0.1) is 12.2 Å². The third-order valence-electron chi connectivity index (χ3n) is 3.97. The first-order valence-electron chi connectivity index (χ1n) is 7.75. The van der Waals surface area contributed by atoms with Gasteiger partial charge in [-0.1, -0.05) is 28.1 Å². The van der Waals surface area contributed by atoms with E-state index in [1.165, 1.54) is 0 Å². The number of aryl methyl sites for hydroxylation is 1. The highest BCUT2D eigenvalue weighted by molar-refractivity contribution is 9.10. The van der Waals surface area contributed by atoms with E-state index in [1.54, 1.807) is 38.1 Å². The summed E-state index contributed by atoms with van der Waals surface area (Å²) in [6, 6.07) is 8.79. The van der Waals surface area contributed by atoms with E-state index in [4.69, 9.17) is 19.3 Å². The van der Waals surface area contributed by atoms with Gasteiger partial charge < -0.3 is 13.9 Å². The molecule has 25 heavy (non-hydrogen) atoms. The van der Waals surface area contributed by atoms with Gasteiger partial charge in [-0.15, -0.1) is 0 Å². The van der Waals surface area contributed by atoms with Crippen LogP contribution in [0.15, 0.2) is 44.0 Å². The standard InChI is InChI=1S/C18H16BrNO5/c1-3-23-17(21)15-13(10-5-4-6-11(19)8-10)14-12(25-16(15)20)7-9(2)24-18(14)22/h4-8,13,15,20H,3H2,1-2H3. The summed E-state index contributed by atoms with van der Waals surface area (Å²) in [4.78, 5) is 25.0. The second-order valence-corrected chi connectivity index (χ2v) is 6.57. The highest BCUT2D eigenvalue weighted by Gasteiger charge is 2.44. The van der Waals surface area contributed by atoms with Gasteiger partial charge in [0.15, 0.2) is 0 Å². The Hall–Kier alpha value is -2.41. The highest BCUT2D eigenvalue weighted by Crippen LogP contribution is 2.41. The molecule has 0 fully saturated rings. The smallest absolute Gasteiger partial charge is 0.343 e. The second-order valence-electron chi connectivity index (χ2n) is 5.65. The van der Waals surface area contributed by atoms with E-state index in [0.717, 1.165) is 4.47 Å². The fraction of sp³-hybridized carbons (Fsp3) is 0.278. The fourth-order valence-corrected chi connectivity index (χ4v) is 3.41. The Labute approximate surface area is 152 Å². The van der Waals surface area contributed by atoms with Crippen LogP contribution in [0, 0.1) is 18.3 Å². The van der Waals surface area contributed by atoms with Gasteiger partial charge in [-0.2, -0.15) is 0 Å². The number of rotatable bonds is 3. The molecule has 2 heterocycles.